The predicted octanol–water partition coefficient (Wildman–Crippen LogP) is 2.76. The zero-order valence-electron chi connectivity index (χ0n) is 16.6. The zero-order valence-corrected chi connectivity index (χ0v) is 16.6. The quantitative estimate of drug-likeness (QED) is 0.488. The van der Waals surface area contributed by atoms with Gasteiger partial charge in [-0.15, -0.1) is 0 Å². The Hall–Kier alpha value is -3.94. The van der Waals surface area contributed by atoms with Crippen LogP contribution in [-0.4, -0.2) is 23.1 Å². The summed E-state index contributed by atoms with van der Waals surface area (Å²) >= 11 is 0. The molecule has 3 aromatic rings. The zero-order chi connectivity index (χ0) is 22.0. The van der Waals surface area contributed by atoms with Gasteiger partial charge < -0.3 is 14.8 Å². The molecule has 0 fully saturated rings. The van der Waals surface area contributed by atoms with Crippen LogP contribution in [0, 0.1) is 12.7 Å². The second kappa shape index (κ2) is 8.43. The second-order valence-corrected chi connectivity index (χ2v) is 7.13. The van der Waals surface area contributed by atoms with Crippen molar-refractivity contribution in [2.45, 2.75) is 19.5 Å². The summed E-state index contributed by atoms with van der Waals surface area (Å²) in [6, 6.07) is 11.5. The number of aryl methyl sites for hydroxylation is 1. The number of halogens is 1. The van der Waals surface area contributed by atoms with Gasteiger partial charge in [0.15, 0.2) is 23.3 Å². The number of benzene rings is 2. The largest absolute Gasteiger partial charge is 0.454 e. The number of fused-ring (bicyclic) bond motifs is 1. The number of ether oxygens (including phenoxy) is 2. The van der Waals surface area contributed by atoms with E-state index >= 15 is 0 Å². The summed E-state index contributed by atoms with van der Waals surface area (Å²) in [6.07, 6.45) is 1.45. The molecule has 1 aliphatic rings. The number of amides is 1. The molecule has 7 nitrogen and oxygen atoms in total. The van der Waals surface area contributed by atoms with Gasteiger partial charge in [-0.2, -0.15) is 0 Å². The summed E-state index contributed by atoms with van der Waals surface area (Å²) in [7, 11) is 0. The first-order chi connectivity index (χ1) is 14.9. The maximum atomic E-state index is 13.3. The minimum Gasteiger partial charge on any atom is -0.454 e. The third-order valence-electron chi connectivity index (χ3n) is 4.89. The first-order valence-electron chi connectivity index (χ1n) is 9.57. The fraction of sp³-hybridized carbons (Fsp3) is 0.174. The van der Waals surface area contributed by atoms with Crippen LogP contribution in [-0.2, 0) is 11.3 Å². The summed E-state index contributed by atoms with van der Waals surface area (Å²) in [6.45, 7) is 2.00. The number of carbonyl (C=O) groups excluding carboxylic acids is 2. The van der Waals surface area contributed by atoms with Crippen molar-refractivity contribution < 1.29 is 23.5 Å². The smallest absolute Gasteiger partial charge is 0.251 e. The van der Waals surface area contributed by atoms with Crippen molar-refractivity contribution in [2.24, 2.45) is 0 Å². The molecular formula is C23H19FN2O5. The van der Waals surface area contributed by atoms with Gasteiger partial charge in [0.2, 0.25) is 6.79 Å². The van der Waals surface area contributed by atoms with Crippen LogP contribution in [0.15, 0.2) is 65.6 Å². The van der Waals surface area contributed by atoms with Crippen molar-refractivity contribution in [3.63, 3.8) is 0 Å². The molecule has 2 heterocycles. The lowest BCUT2D eigenvalue weighted by atomic mass is 10.0. The highest BCUT2D eigenvalue weighted by Gasteiger charge is 2.30. The van der Waals surface area contributed by atoms with E-state index in [-0.39, 0.29) is 18.9 Å². The highest BCUT2D eigenvalue weighted by Crippen LogP contribution is 2.32. The summed E-state index contributed by atoms with van der Waals surface area (Å²) in [5.74, 6) is -0.588. The molecule has 1 atom stereocenters. The van der Waals surface area contributed by atoms with E-state index in [0.717, 1.165) is 22.3 Å². The van der Waals surface area contributed by atoms with Crippen LogP contribution in [0.25, 0.3) is 0 Å². The highest BCUT2D eigenvalue weighted by molar-refractivity contribution is 6.11. The van der Waals surface area contributed by atoms with E-state index < -0.39 is 29.1 Å². The van der Waals surface area contributed by atoms with Crippen LogP contribution in [0.4, 0.5) is 4.39 Å². The molecule has 2 aromatic carbocycles. The van der Waals surface area contributed by atoms with Crippen molar-refractivity contribution in [1.82, 2.24) is 9.88 Å². The first kappa shape index (κ1) is 20.3. The van der Waals surface area contributed by atoms with E-state index in [1.165, 1.54) is 24.4 Å². The Morgan fingerprint density at radius 1 is 1.06 bits per heavy atom. The number of nitrogens with one attached hydrogen (secondary N) is 1. The summed E-state index contributed by atoms with van der Waals surface area (Å²) in [5, 5.41) is 2.71. The lowest BCUT2D eigenvalue weighted by Crippen LogP contribution is -2.41. The fourth-order valence-electron chi connectivity index (χ4n) is 3.30. The SMILES string of the molecule is Cc1ccc(=O)n(C(C(=O)NCc2ccc3c(c2)OCO3)C(=O)c2ccc(F)cc2)c1. The monoisotopic (exact) mass is 422 g/mol. The summed E-state index contributed by atoms with van der Waals surface area (Å²) in [4.78, 5) is 38.7. The lowest BCUT2D eigenvalue weighted by molar-refractivity contribution is -0.123. The number of pyridine rings is 1. The number of rotatable bonds is 6. The minimum atomic E-state index is -1.44. The Labute approximate surface area is 177 Å². The summed E-state index contributed by atoms with van der Waals surface area (Å²) in [5.41, 5.74) is 1.07. The highest BCUT2D eigenvalue weighted by atomic mass is 19.1. The number of hydrogen-bond acceptors (Lipinski definition) is 5. The molecule has 1 aromatic heterocycles. The van der Waals surface area contributed by atoms with Crippen molar-refractivity contribution in [2.75, 3.05) is 6.79 Å². The Bertz CT molecular complexity index is 1200. The molecule has 31 heavy (non-hydrogen) atoms. The number of carbonyl (C=O) groups is 2. The van der Waals surface area contributed by atoms with Gasteiger partial charge in [-0.05, 0) is 54.4 Å². The fourth-order valence-corrected chi connectivity index (χ4v) is 3.30. The summed E-state index contributed by atoms with van der Waals surface area (Å²) < 4.78 is 25.0. The van der Waals surface area contributed by atoms with Gasteiger partial charge in [0, 0.05) is 24.4 Å². The van der Waals surface area contributed by atoms with Crippen LogP contribution in [0.5, 0.6) is 11.5 Å². The van der Waals surface area contributed by atoms with Crippen LogP contribution < -0.4 is 20.3 Å². The normalized spacial score (nSPS) is 13.0. The predicted molar refractivity (Wildman–Crippen MR) is 110 cm³/mol. The second-order valence-electron chi connectivity index (χ2n) is 7.13. The van der Waals surface area contributed by atoms with Crippen LogP contribution in [0.2, 0.25) is 0 Å². The van der Waals surface area contributed by atoms with Crippen molar-refractivity contribution in [3.05, 3.63) is 93.7 Å². The maximum Gasteiger partial charge on any atom is 0.251 e. The Balaban J connectivity index is 1.62. The van der Waals surface area contributed by atoms with Gasteiger partial charge in [-0.1, -0.05) is 12.1 Å². The Kier molecular flexibility index (Phi) is 5.53. The minimum absolute atomic E-state index is 0.114. The third-order valence-corrected chi connectivity index (χ3v) is 4.89. The number of Topliss-reactive ketones (excluding diaryl/α,β-unsaturated/α-hetero) is 1. The van der Waals surface area contributed by atoms with Gasteiger partial charge in [0.1, 0.15) is 5.82 Å². The van der Waals surface area contributed by atoms with E-state index in [1.54, 1.807) is 31.2 Å². The van der Waals surface area contributed by atoms with Crippen LogP contribution >= 0.6 is 0 Å². The first-order valence-corrected chi connectivity index (χ1v) is 9.57. The van der Waals surface area contributed by atoms with E-state index in [9.17, 15) is 18.8 Å². The molecule has 1 amide bonds. The Morgan fingerprint density at radius 2 is 1.81 bits per heavy atom. The van der Waals surface area contributed by atoms with E-state index in [0.29, 0.717) is 17.1 Å². The van der Waals surface area contributed by atoms with E-state index in [2.05, 4.69) is 5.32 Å². The topological polar surface area (TPSA) is 86.6 Å². The number of ketones is 1. The van der Waals surface area contributed by atoms with Gasteiger partial charge in [0.25, 0.3) is 11.5 Å². The molecule has 0 aliphatic carbocycles. The average molecular weight is 422 g/mol. The van der Waals surface area contributed by atoms with Gasteiger partial charge >= 0.3 is 0 Å². The molecular weight excluding hydrogens is 403 g/mol. The molecule has 1 aliphatic heterocycles. The van der Waals surface area contributed by atoms with E-state index in [4.69, 9.17) is 9.47 Å². The van der Waals surface area contributed by atoms with Gasteiger partial charge in [0.05, 0.1) is 0 Å². The Morgan fingerprint density at radius 3 is 2.58 bits per heavy atom. The maximum absolute atomic E-state index is 13.3. The number of nitrogens with zero attached hydrogens (tertiary/aromatic N) is 1. The molecule has 0 spiro atoms. The molecule has 0 saturated carbocycles. The van der Waals surface area contributed by atoms with Crippen LogP contribution in [0.3, 0.4) is 0 Å². The molecule has 1 unspecified atom stereocenters. The van der Waals surface area contributed by atoms with Gasteiger partial charge in [-0.3, -0.25) is 19.0 Å². The molecule has 0 bridgehead atoms. The molecule has 1 N–H and O–H groups in total. The molecule has 0 radical (unpaired) electrons. The number of hydrogen-bond donors (Lipinski definition) is 1. The molecule has 8 heteroatoms. The third kappa shape index (κ3) is 4.32. The molecule has 158 valence electrons. The lowest BCUT2D eigenvalue weighted by Gasteiger charge is -2.19. The molecule has 0 saturated heterocycles. The van der Waals surface area contributed by atoms with Crippen molar-refractivity contribution in [1.29, 1.82) is 0 Å². The van der Waals surface area contributed by atoms with Crippen molar-refractivity contribution in [3.8, 4) is 11.5 Å². The standard InChI is InChI=1S/C23H19FN2O5/c1-14-2-9-20(27)26(12-14)21(22(28)16-4-6-17(24)7-5-16)23(29)25-11-15-3-8-18-19(10-15)31-13-30-18/h2-10,12,21H,11,13H2,1H3,(H,25,29). The molecule has 4 rings (SSSR count). The van der Waals surface area contributed by atoms with Gasteiger partial charge in [-0.25, -0.2) is 4.39 Å². The average Bonchev–Trinajstić information content (AvgIpc) is 3.23. The number of aromatic nitrogens is 1. The van der Waals surface area contributed by atoms with Crippen LogP contribution in [0.1, 0.15) is 27.5 Å². The van der Waals surface area contributed by atoms with Crippen molar-refractivity contribution >= 4 is 11.7 Å². The van der Waals surface area contributed by atoms with E-state index in [1.807, 2.05) is 0 Å².